The minimum atomic E-state index is -4.60. The van der Waals surface area contributed by atoms with Crippen LogP contribution in [0.15, 0.2) is 17.2 Å². The van der Waals surface area contributed by atoms with E-state index in [1.807, 2.05) is 0 Å². The van der Waals surface area contributed by atoms with Crippen LogP contribution in [0.25, 0.3) is 0 Å². The lowest BCUT2D eigenvalue weighted by Crippen LogP contribution is -2.34. The summed E-state index contributed by atoms with van der Waals surface area (Å²) in [5.41, 5.74) is -0.406. The van der Waals surface area contributed by atoms with Crippen molar-refractivity contribution >= 4 is 15.9 Å². The maximum atomic E-state index is 12.5. The van der Waals surface area contributed by atoms with Crippen molar-refractivity contribution < 1.29 is 26.4 Å². The van der Waals surface area contributed by atoms with Gasteiger partial charge in [-0.1, -0.05) is 6.92 Å². The van der Waals surface area contributed by atoms with Crippen LogP contribution in [-0.4, -0.2) is 31.1 Å². The molecule has 0 aliphatic heterocycles. The standard InChI is InChI=1S/C11H16F3N3O3S/c1-3-7(2)16-10(18)9-4-8(21(15,19)20)5-17(9)6-11(12,13)14/h4-5,7H,3,6H2,1-2H3,(H,16,18)(H2,15,19,20). The highest BCUT2D eigenvalue weighted by Gasteiger charge is 2.31. The van der Waals surface area contributed by atoms with Crippen LogP contribution in [0.5, 0.6) is 0 Å². The van der Waals surface area contributed by atoms with Gasteiger partial charge in [-0.15, -0.1) is 0 Å². The van der Waals surface area contributed by atoms with Crippen molar-refractivity contribution in [3.05, 3.63) is 18.0 Å². The second-order valence-electron chi connectivity index (χ2n) is 4.63. The van der Waals surface area contributed by atoms with E-state index in [0.717, 1.165) is 6.07 Å². The Morgan fingerprint density at radius 2 is 2.05 bits per heavy atom. The Balaban J connectivity index is 3.21. The third-order valence-corrected chi connectivity index (χ3v) is 3.65. The van der Waals surface area contributed by atoms with E-state index in [1.165, 1.54) is 0 Å². The Morgan fingerprint density at radius 3 is 2.48 bits per heavy atom. The van der Waals surface area contributed by atoms with E-state index in [1.54, 1.807) is 13.8 Å². The first-order valence-electron chi connectivity index (χ1n) is 6.04. The first kappa shape index (κ1) is 17.5. The molecule has 1 aromatic rings. The van der Waals surface area contributed by atoms with Crippen LogP contribution < -0.4 is 10.5 Å². The Kier molecular flexibility index (Phi) is 5.05. The topological polar surface area (TPSA) is 94.2 Å². The van der Waals surface area contributed by atoms with Crippen molar-refractivity contribution in [1.82, 2.24) is 9.88 Å². The van der Waals surface area contributed by atoms with E-state index < -0.39 is 39.2 Å². The largest absolute Gasteiger partial charge is 0.406 e. The van der Waals surface area contributed by atoms with E-state index in [9.17, 15) is 26.4 Å². The number of sulfonamides is 1. The lowest BCUT2D eigenvalue weighted by atomic mass is 10.2. The summed E-state index contributed by atoms with van der Waals surface area (Å²) >= 11 is 0. The minimum Gasteiger partial charge on any atom is -0.348 e. The van der Waals surface area contributed by atoms with Gasteiger partial charge in [-0.3, -0.25) is 4.79 Å². The average molecular weight is 327 g/mol. The van der Waals surface area contributed by atoms with E-state index >= 15 is 0 Å². The summed E-state index contributed by atoms with van der Waals surface area (Å²) in [7, 11) is -4.20. The fourth-order valence-corrected chi connectivity index (χ4v) is 2.10. The second-order valence-corrected chi connectivity index (χ2v) is 6.19. The number of nitrogens with one attached hydrogen (secondary N) is 1. The molecule has 0 fully saturated rings. The number of primary sulfonamides is 1. The Morgan fingerprint density at radius 1 is 1.48 bits per heavy atom. The predicted octanol–water partition coefficient (Wildman–Crippen LogP) is 1.23. The van der Waals surface area contributed by atoms with Crippen LogP contribution in [0.4, 0.5) is 13.2 Å². The van der Waals surface area contributed by atoms with Crippen molar-refractivity contribution in [1.29, 1.82) is 0 Å². The van der Waals surface area contributed by atoms with Crippen LogP contribution in [0.1, 0.15) is 30.8 Å². The molecule has 1 rings (SSSR count). The zero-order chi connectivity index (χ0) is 16.4. The monoisotopic (exact) mass is 327 g/mol. The number of carbonyl (C=O) groups excluding carboxylic acids is 1. The third-order valence-electron chi connectivity index (χ3n) is 2.77. The zero-order valence-electron chi connectivity index (χ0n) is 11.4. The normalized spacial score (nSPS) is 14.0. The molecule has 6 nitrogen and oxygen atoms in total. The Bertz CT molecular complexity index is 622. The first-order chi connectivity index (χ1) is 9.44. The molecular formula is C11H16F3N3O3S. The predicted molar refractivity (Wildman–Crippen MR) is 69.1 cm³/mol. The third kappa shape index (κ3) is 5.05. The van der Waals surface area contributed by atoms with Gasteiger partial charge in [0.05, 0.1) is 0 Å². The number of nitrogens with two attached hydrogens (primary N) is 1. The van der Waals surface area contributed by atoms with Gasteiger partial charge in [-0.2, -0.15) is 13.2 Å². The fraction of sp³-hybridized carbons (Fsp3) is 0.545. The SMILES string of the molecule is CCC(C)NC(=O)c1cc(S(N)(=O)=O)cn1CC(F)(F)F. The molecule has 120 valence electrons. The highest BCUT2D eigenvalue weighted by molar-refractivity contribution is 7.89. The molecule has 0 aliphatic rings. The van der Waals surface area contributed by atoms with Gasteiger partial charge in [-0.25, -0.2) is 13.6 Å². The van der Waals surface area contributed by atoms with E-state index in [-0.39, 0.29) is 6.04 Å². The number of amides is 1. The van der Waals surface area contributed by atoms with Gasteiger partial charge >= 0.3 is 6.18 Å². The molecular weight excluding hydrogens is 311 g/mol. The lowest BCUT2D eigenvalue weighted by molar-refractivity contribution is -0.140. The average Bonchev–Trinajstić information content (AvgIpc) is 2.69. The maximum absolute atomic E-state index is 12.5. The summed E-state index contributed by atoms with van der Waals surface area (Å²) in [6.07, 6.45) is -3.32. The van der Waals surface area contributed by atoms with E-state index in [4.69, 9.17) is 5.14 Å². The smallest absolute Gasteiger partial charge is 0.348 e. The van der Waals surface area contributed by atoms with Gasteiger partial charge in [0.25, 0.3) is 5.91 Å². The van der Waals surface area contributed by atoms with Crippen LogP contribution in [0.3, 0.4) is 0 Å². The summed E-state index contributed by atoms with van der Waals surface area (Å²) in [5.74, 6) is -0.788. The first-order valence-corrected chi connectivity index (χ1v) is 7.59. The highest BCUT2D eigenvalue weighted by Crippen LogP contribution is 2.21. The molecule has 0 bridgehead atoms. The molecule has 3 N–H and O–H groups in total. The zero-order valence-corrected chi connectivity index (χ0v) is 12.3. The number of hydrogen-bond acceptors (Lipinski definition) is 3. The van der Waals surface area contributed by atoms with Gasteiger partial charge in [0.1, 0.15) is 17.1 Å². The number of alkyl halides is 3. The highest BCUT2D eigenvalue weighted by atomic mass is 32.2. The molecule has 1 aromatic heterocycles. The molecule has 10 heteroatoms. The Labute approximate surface area is 120 Å². The van der Waals surface area contributed by atoms with Gasteiger partial charge < -0.3 is 9.88 Å². The van der Waals surface area contributed by atoms with Crippen LogP contribution in [-0.2, 0) is 16.6 Å². The van der Waals surface area contributed by atoms with Gasteiger partial charge in [0, 0.05) is 12.2 Å². The van der Waals surface area contributed by atoms with Crippen LogP contribution in [0, 0.1) is 0 Å². The molecule has 0 spiro atoms. The molecule has 0 saturated heterocycles. The summed E-state index contributed by atoms with van der Waals surface area (Å²) in [4.78, 5) is 11.4. The number of nitrogens with zero attached hydrogens (tertiary/aromatic N) is 1. The van der Waals surface area contributed by atoms with Crippen molar-refractivity contribution in [3.63, 3.8) is 0 Å². The summed E-state index contributed by atoms with van der Waals surface area (Å²) in [5, 5.41) is 7.35. The van der Waals surface area contributed by atoms with E-state index in [2.05, 4.69) is 5.32 Å². The van der Waals surface area contributed by atoms with Crippen LogP contribution >= 0.6 is 0 Å². The minimum absolute atomic E-state index is 0.260. The molecule has 21 heavy (non-hydrogen) atoms. The Hall–Kier alpha value is -1.55. The van der Waals surface area contributed by atoms with Gasteiger partial charge in [0.15, 0.2) is 0 Å². The van der Waals surface area contributed by atoms with Crippen molar-refractivity contribution in [2.45, 2.75) is 43.9 Å². The number of hydrogen-bond donors (Lipinski definition) is 2. The number of aromatic nitrogens is 1. The van der Waals surface area contributed by atoms with Crippen LogP contribution in [0.2, 0.25) is 0 Å². The maximum Gasteiger partial charge on any atom is 0.406 e. The summed E-state index contributed by atoms with van der Waals surface area (Å²) in [6, 6.07) is 0.573. The second kappa shape index (κ2) is 6.06. The molecule has 0 aromatic carbocycles. The molecule has 1 heterocycles. The van der Waals surface area contributed by atoms with Crippen molar-refractivity contribution in [2.75, 3.05) is 0 Å². The molecule has 0 radical (unpaired) electrons. The molecule has 1 unspecified atom stereocenters. The molecule has 0 saturated carbocycles. The number of carbonyl (C=O) groups is 1. The van der Waals surface area contributed by atoms with Gasteiger partial charge in [0.2, 0.25) is 10.0 Å². The molecule has 1 atom stereocenters. The summed E-state index contributed by atoms with van der Waals surface area (Å²) < 4.78 is 60.4. The molecule has 0 aliphatic carbocycles. The summed E-state index contributed by atoms with van der Waals surface area (Å²) in [6.45, 7) is 1.98. The number of rotatable bonds is 5. The van der Waals surface area contributed by atoms with E-state index in [0.29, 0.717) is 17.2 Å². The van der Waals surface area contributed by atoms with Crippen molar-refractivity contribution in [2.24, 2.45) is 5.14 Å². The number of halogens is 3. The van der Waals surface area contributed by atoms with Gasteiger partial charge in [-0.05, 0) is 19.4 Å². The van der Waals surface area contributed by atoms with Crippen molar-refractivity contribution in [3.8, 4) is 0 Å². The molecule has 1 amide bonds. The fourth-order valence-electron chi connectivity index (χ4n) is 1.55. The lowest BCUT2D eigenvalue weighted by Gasteiger charge is -2.14. The quantitative estimate of drug-likeness (QED) is 0.851.